The first-order valence-electron chi connectivity index (χ1n) is 20.7. The minimum absolute atomic E-state index is 0.0253. The largest absolute Gasteiger partial charge is 0.462 e. The fourth-order valence-corrected chi connectivity index (χ4v) is 5.87. The van der Waals surface area contributed by atoms with Crippen LogP contribution < -0.4 is 0 Å². The third-order valence-corrected chi connectivity index (χ3v) is 9.46. The molecule has 1 atom stereocenters. The van der Waals surface area contributed by atoms with Crippen LogP contribution in [-0.2, 0) is 33.3 Å². The van der Waals surface area contributed by atoms with Gasteiger partial charge in [0.05, 0.1) is 24.4 Å². The highest BCUT2D eigenvalue weighted by Crippen LogP contribution is 2.21. The summed E-state index contributed by atoms with van der Waals surface area (Å²) in [5.41, 5.74) is -0.766. The van der Waals surface area contributed by atoms with E-state index in [4.69, 9.17) is 23.7 Å². The van der Waals surface area contributed by atoms with Crippen molar-refractivity contribution < 1.29 is 33.3 Å². The molecule has 0 rings (SSSR count). The standard InChI is InChI=1S/C42H82O7/c1-8-10-12-14-16-18-20-22-24-26-28-30-39(43)46-36-38(37-48-42(5,6)33-35-47-41(3,4)32-34-45-7)49-40(44)31-29-27-25-23-21-19-17-15-13-11-9-2/h38H,8-37H2,1-7H3. The number of esters is 2. The molecule has 49 heavy (non-hydrogen) atoms. The molecule has 0 N–H and O–H groups in total. The summed E-state index contributed by atoms with van der Waals surface area (Å²) in [4.78, 5) is 25.3. The van der Waals surface area contributed by atoms with Crippen molar-refractivity contribution in [3.8, 4) is 0 Å². The van der Waals surface area contributed by atoms with E-state index in [2.05, 4.69) is 27.7 Å². The van der Waals surface area contributed by atoms with E-state index >= 15 is 0 Å². The second-order valence-corrected chi connectivity index (χ2v) is 15.5. The van der Waals surface area contributed by atoms with Gasteiger partial charge in [-0.3, -0.25) is 9.59 Å². The Kier molecular flexibility index (Phi) is 31.9. The van der Waals surface area contributed by atoms with E-state index in [0.29, 0.717) is 32.5 Å². The fraction of sp³-hybridized carbons (Fsp3) is 0.952. The van der Waals surface area contributed by atoms with Gasteiger partial charge in [0.15, 0.2) is 6.10 Å². The van der Waals surface area contributed by atoms with Crippen LogP contribution in [0.2, 0.25) is 0 Å². The van der Waals surface area contributed by atoms with E-state index in [1.807, 2.05) is 13.8 Å². The summed E-state index contributed by atoms with van der Waals surface area (Å²) in [6.45, 7) is 14.1. The predicted molar refractivity (Wildman–Crippen MR) is 204 cm³/mol. The maximum absolute atomic E-state index is 12.8. The molecule has 0 aliphatic heterocycles. The van der Waals surface area contributed by atoms with Gasteiger partial charge in [-0.2, -0.15) is 0 Å². The average molecular weight is 699 g/mol. The minimum Gasteiger partial charge on any atom is -0.462 e. The smallest absolute Gasteiger partial charge is 0.306 e. The van der Waals surface area contributed by atoms with E-state index in [1.54, 1.807) is 7.11 Å². The monoisotopic (exact) mass is 699 g/mol. The summed E-state index contributed by atoms with van der Waals surface area (Å²) in [5.74, 6) is -0.472. The van der Waals surface area contributed by atoms with Crippen LogP contribution in [0.5, 0.6) is 0 Å². The van der Waals surface area contributed by atoms with E-state index in [9.17, 15) is 9.59 Å². The molecule has 0 amide bonds. The van der Waals surface area contributed by atoms with Crippen LogP contribution in [-0.4, -0.2) is 62.8 Å². The lowest BCUT2D eigenvalue weighted by Crippen LogP contribution is -2.36. The minimum atomic E-state index is -0.625. The lowest BCUT2D eigenvalue weighted by molar-refractivity contribution is -0.168. The van der Waals surface area contributed by atoms with Gasteiger partial charge < -0.3 is 23.7 Å². The topological polar surface area (TPSA) is 80.3 Å². The number of carbonyl (C=O) groups excluding carboxylic acids is 2. The number of ether oxygens (including phenoxy) is 5. The van der Waals surface area contributed by atoms with Crippen molar-refractivity contribution in [2.24, 2.45) is 0 Å². The van der Waals surface area contributed by atoms with Crippen LogP contribution in [0, 0.1) is 0 Å². The van der Waals surface area contributed by atoms with Crippen LogP contribution in [0.15, 0.2) is 0 Å². The van der Waals surface area contributed by atoms with E-state index in [1.165, 1.54) is 103 Å². The molecule has 0 heterocycles. The van der Waals surface area contributed by atoms with Gasteiger partial charge in [0, 0.05) is 26.6 Å². The van der Waals surface area contributed by atoms with Gasteiger partial charge in [0.1, 0.15) is 6.61 Å². The molecule has 0 aliphatic rings. The predicted octanol–water partition coefficient (Wildman–Crippen LogP) is 11.9. The molecular formula is C42H82O7. The average Bonchev–Trinajstić information content (AvgIpc) is 3.06. The molecule has 0 aromatic heterocycles. The van der Waals surface area contributed by atoms with E-state index < -0.39 is 11.7 Å². The van der Waals surface area contributed by atoms with Gasteiger partial charge in [-0.1, -0.05) is 142 Å². The summed E-state index contributed by atoms with van der Waals surface area (Å²) < 4.78 is 29.0. The second kappa shape index (κ2) is 32.7. The Labute approximate surface area is 304 Å². The Balaban J connectivity index is 4.56. The highest BCUT2D eigenvalue weighted by molar-refractivity contribution is 5.70. The lowest BCUT2D eigenvalue weighted by atomic mass is 10.0. The van der Waals surface area contributed by atoms with Crippen molar-refractivity contribution in [1.29, 1.82) is 0 Å². The zero-order valence-corrected chi connectivity index (χ0v) is 33.6. The second-order valence-electron chi connectivity index (χ2n) is 15.5. The number of hydrogen-bond donors (Lipinski definition) is 0. The molecule has 0 saturated carbocycles. The SMILES string of the molecule is CCCCCCCCCCCCCC(=O)OCC(COC(C)(C)CCOC(C)(C)CCOC)OC(=O)CCCCCCCCCCCCC. The number of methoxy groups -OCH3 is 1. The van der Waals surface area contributed by atoms with Crippen LogP contribution in [0.4, 0.5) is 0 Å². The van der Waals surface area contributed by atoms with Gasteiger partial charge >= 0.3 is 11.9 Å². The summed E-state index contributed by atoms with van der Waals surface area (Å²) >= 11 is 0. The maximum atomic E-state index is 12.8. The van der Waals surface area contributed by atoms with Crippen LogP contribution in [0.3, 0.4) is 0 Å². The van der Waals surface area contributed by atoms with Crippen LogP contribution in [0.1, 0.15) is 208 Å². The van der Waals surface area contributed by atoms with Crippen molar-refractivity contribution in [1.82, 2.24) is 0 Å². The van der Waals surface area contributed by atoms with Gasteiger partial charge in [-0.25, -0.2) is 0 Å². The molecule has 0 saturated heterocycles. The fourth-order valence-electron chi connectivity index (χ4n) is 5.87. The van der Waals surface area contributed by atoms with Crippen molar-refractivity contribution in [3.63, 3.8) is 0 Å². The molecule has 0 aromatic rings. The zero-order chi connectivity index (χ0) is 36.5. The summed E-state index contributed by atoms with van der Waals surface area (Å²) in [6, 6.07) is 0. The van der Waals surface area contributed by atoms with Crippen LogP contribution in [0.25, 0.3) is 0 Å². The normalized spacial score (nSPS) is 12.7. The number of rotatable bonds is 37. The van der Waals surface area contributed by atoms with Gasteiger partial charge in [0.2, 0.25) is 0 Å². The first kappa shape index (κ1) is 47.8. The van der Waals surface area contributed by atoms with E-state index in [-0.39, 0.29) is 30.8 Å². The summed E-state index contributed by atoms with van der Waals surface area (Å²) in [7, 11) is 1.70. The van der Waals surface area contributed by atoms with E-state index in [0.717, 1.165) is 44.9 Å². The van der Waals surface area contributed by atoms with Gasteiger partial charge in [-0.05, 0) is 53.4 Å². The Morgan fingerprint density at radius 3 is 1.33 bits per heavy atom. The van der Waals surface area contributed by atoms with Crippen molar-refractivity contribution in [2.75, 3.05) is 33.5 Å². The van der Waals surface area contributed by atoms with Gasteiger partial charge in [0.25, 0.3) is 0 Å². The first-order valence-corrected chi connectivity index (χ1v) is 20.7. The first-order chi connectivity index (χ1) is 23.5. The van der Waals surface area contributed by atoms with Crippen molar-refractivity contribution in [2.45, 2.75) is 226 Å². The number of carbonyl (C=O) groups is 2. The molecular weight excluding hydrogens is 616 g/mol. The Morgan fingerprint density at radius 2 is 0.878 bits per heavy atom. The number of hydrogen-bond acceptors (Lipinski definition) is 7. The van der Waals surface area contributed by atoms with Gasteiger partial charge in [-0.15, -0.1) is 0 Å². The molecule has 7 heteroatoms. The third kappa shape index (κ3) is 33.7. The number of unbranched alkanes of at least 4 members (excludes halogenated alkanes) is 20. The van der Waals surface area contributed by atoms with Crippen LogP contribution >= 0.6 is 0 Å². The molecule has 0 aliphatic carbocycles. The molecule has 7 nitrogen and oxygen atoms in total. The zero-order valence-electron chi connectivity index (χ0n) is 33.6. The molecule has 0 bridgehead atoms. The Bertz CT molecular complexity index is 751. The Hall–Kier alpha value is -1.18. The van der Waals surface area contributed by atoms with Crippen molar-refractivity contribution >= 4 is 11.9 Å². The lowest BCUT2D eigenvalue weighted by Gasteiger charge is -2.31. The third-order valence-electron chi connectivity index (χ3n) is 9.46. The highest BCUT2D eigenvalue weighted by atomic mass is 16.6. The Morgan fingerprint density at radius 1 is 0.490 bits per heavy atom. The molecule has 0 radical (unpaired) electrons. The summed E-state index contributed by atoms with van der Waals surface area (Å²) in [5, 5.41) is 0. The van der Waals surface area contributed by atoms with Crippen molar-refractivity contribution in [3.05, 3.63) is 0 Å². The highest BCUT2D eigenvalue weighted by Gasteiger charge is 2.26. The maximum Gasteiger partial charge on any atom is 0.306 e. The summed E-state index contributed by atoms with van der Waals surface area (Å²) in [6.07, 6.45) is 28.8. The molecule has 0 fully saturated rings. The molecule has 292 valence electrons. The molecule has 0 aromatic carbocycles. The quantitative estimate of drug-likeness (QED) is 0.0472. The molecule has 1 unspecified atom stereocenters. The molecule has 0 spiro atoms.